The van der Waals surface area contributed by atoms with Gasteiger partial charge in [-0.1, -0.05) is 6.42 Å². The molecule has 0 fully saturated rings. The van der Waals surface area contributed by atoms with Crippen molar-refractivity contribution < 1.29 is 39.0 Å². The Hall–Kier alpha value is -3.26. The fourth-order valence-electron chi connectivity index (χ4n) is 2.27. The summed E-state index contributed by atoms with van der Waals surface area (Å²) in [5.74, 6) is -6.67. The van der Waals surface area contributed by atoms with Crippen LogP contribution in [-0.2, 0) is 28.8 Å². The van der Waals surface area contributed by atoms with E-state index in [1.165, 1.54) is 0 Å². The van der Waals surface area contributed by atoms with Crippen molar-refractivity contribution in [2.45, 2.75) is 50.2 Å². The van der Waals surface area contributed by atoms with E-state index in [9.17, 15) is 28.8 Å². The fourth-order valence-corrected chi connectivity index (χ4v) is 2.27. The highest BCUT2D eigenvalue weighted by Crippen LogP contribution is 2.02. The molecule has 3 atom stereocenters. The van der Waals surface area contributed by atoms with E-state index in [1.54, 1.807) is 0 Å². The number of primary amides is 1. The normalized spacial score (nSPS) is 13.4. The summed E-state index contributed by atoms with van der Waals surface area (Å²) in [5.41, 5.74) is 16.2. The van der Waals surface area contributed by atoms with E-state index in [0.29, 0.717) is 19.4 Å². The monoisotopic (exact) mass is 432 g/mol. The first-order chi connectivity index (χ1) is 14.0. The molecule has 0 aromatic rings. The largest absolute Gasteiger partial charge is 0.481 e. The Bertz CT molecular complexity index is 656. The lowest BCUT2D eigenvalue weighted by molar-refractivity contribution is -0.142. The van der Waals surface area contributed by atoms with Crippen LogP contribution in [0.3, 0.4) is 0 Å². The Kier molecular flexibility index (Phi) is 12.3. The molecule has 0 spiro atoms. The minimum absolute atomic E-state index is 0.271. The van der Waals surface area contributed by atoms with Crippen LogP contribution >= 0.6 is 0 Å². The molecular formula is C16H28N6O8. The van der Waals surface area contributed by atoms with Gasteiger partial charge in [-0.25, -0.2) is 0 Å². The van der Waals surface area contributed by atoms with Gasteiger partial charge < -0.3 is 43.4 Å². The summed E-state index contributed by atoms with van der Waals surface area (Å²) < 4.78 is 0. The lowest BCUT2D eigenvalue weighted by atomic mass is 10.1. The molecule has 11 N–H and O–H groups in total. The standard InChI is InChI=1S/C16H28N6O8/c17-4-2-1-3-8(18)14(28)21-9(5-11(19)23)16(30)22-10(6-12(24)25)15(29)20-7-13(26)27/h8-10H,1-7,17-18H2,(H2,19,23)(H,20,29)(H,21,28)(H,22,30)(H,24,25)(H,26,27). The van der Waals surface area contributed by atoms with Crippen molar-refractivity contribution in [2.24, 2.45) is 17.2 Å². The number of amides is 4. The third-order valence-electron chi connectivity index (χ3n) is 3.77. The number of hydrogen-bond acceptors (Lipinski definition) is 8. The molecule has 30 heavy (non-hydrogen) atoms. The van der Waals surface area contributed by atoms with Crippen molar-refractivity contribution in [1.29, 1.82) is 0 Å². The van der Waals surface area contributed by atoms with Gasteiger partial charge in [0.05, 0.1) is 18.9 Å². The molecular weight excluding hydrogens is 404 g/mol. The van der Waals surface area contributed by atoms with E-state index < -0.39 is 73.1 Å². The second-order valence-electron chi connectivity index (χ2n) is 6.39. The number of hydrogen-bond donors (Lipinski definition) is 8. The minimum atomic E-state index is -1.65. The van der Waals surface area contributed by atoms with Crippen molar-refractivity contribution in [3.63, 3.8) is 0 Å². The van der Waals surface area contributed by atoms with Crippen LogP contribution in [0.5, 0.6) is 0 Å². The van der Waals surface area contributed by atoms with Crippen molar-refractivity contribution in [2.75, 3.05) is 13.1 Å². The summed E-state index contributed by atoms with van der Waals surface area (Å²) in [4.78, 5) is 69.4. The van der Waals surface area contributed by atoms with Gasteiger partial charge in [0.2, 0.25) is 23.6 Å². The second kappa shape index (κ2) is 13.8. The molecule has 0 heterocycles. The molecule has 170 valence electrons. The van der Waals surface area contributed by atoms with Crippen molar-refractivity contribution >= 4 is 35.6 Å². The predicted molar refractivity (Wildman–Crippen MR) is 101 cm³/mol. The van der Waals surface area contributed by atoms with Crippen LogP contribution in [0.4, 0.5) is 0 Å². The number of carboxylic acids is 2. The zero-order chi connectivity index (χ0) is 23.3. The van der Waals surface area contributed by atoms with Crippen LogP contribution in [-0.4, -0.2) is 77.0 Å². The molecule has 0 saturated carbocycles. The highest BCUT2D eigenvalue weighted by molar-refractivity contribution is 5.96. The van der Waals surface area contributed by atoms with Gasteiger partial charge in [0.15, 0.2) is 0 Å². The molecule has 0 aliphatic carbocycles. The summed E-state index contributed by atoms with van der Waals surface area (Å²) in [6.45, 7) is -0.389. The zero-order valence-corrected chi connectivity index (χ0v) is 16.3. The predicted octanol–water partition coefficient (Wildman–Crippen LogP) is -4.04. The summed E-state index contributed by atoms with van der Waals surface area (Å²) in [5, 5.41) is 23.7. The number of carbonyl (C=O) groups is 6. The summed E-state index contributed by atoms with van der Waals surface area (Å²) >= 11 is 0. The van der Waals surface area contributed by atoms with Gasteiger partial charge in [-0.05, 0) is 19.4 Å². The van der Waals surface area contributed by atoms with Crippen LogP contribution in [0.15, 0.2) is 0 Å². The van der Waals surface area contributed by atoms with Crippen LogP contribution in [0.25, 0.3) is 0 Å². The van der Waals surface area contributed by atoms with Gasteiger partial charge in [0, 0.05) is 0 Å². The number of carbonyl (C=O) groups excluding carboxylic acids is 4. The maximum Gasteiger partial charge on any atom is 0.322 e. The summed E-state index contributed by atoms with van der Waals surface area (Å²) in [7, 11) is 0. The number of carboxylic acid groups (broad SMARTS) is 2. The zero-order valence-electron chi connectivity index (χ0n) is 16.3. The van der Waals surface area contributed by atoms with Crippen molar-refractivity contribution in [3.8, 4) is 0 Å². The Balaban J connectivity index is 5.19. The number of rotatable bonds is 15. The fraction of sp³-hybridized carbons (Fsp3) is 0.625. The van der Waals surface area contributed by atoms with E-state index in [-0.39, 0.29) is 6.42 Å². The van der Waals surface area contributed by atoms with Crippen LogP contribution < -0.4 is 33.2 Å². The molecule has 0 aliphatic rings. The molecule has 0 bridgehead atoms. The maximum absolute atomic E-state index is 12.5. The average Bonchev–Trinajstić information content (AvgIpc) is 2.64. The molecule has 0 aliphatic heterocycles. The number of aliphatic carboxylic acids is 2. The van der Waals surface area contributed by atoms with Gasteiger partial charge >= 0.3 is 11.9 Å². The molecule has 3 unspecified atom stereocenters. The van der Waals surface area contributed by atoms with E-state index >= 15 is 0 Å². The number of nitrogens with two attached hydrogens (primary N) is 3. The van der Waals surface area contributed by atoms with Crippen molar-refractivity contribution in [3.05, 3.63) is 0 Å². The van der Waals surface area contributed by atoms with Gasteiger partial charge in [-0.15, -0.1) is 0 Å². The lowest BCUT2D eigenvalue weighted by Gasteiger charge is -2.22. The Morgan fingerprint density at radius 2 is 1.37 bits per heavy atom. The van der Waals surface area contributed by atoms with Crippen LogP contribution in [0.1, 0.15) is 32.1 Å². The van der Waals surface area contributed by atoms with E-state index in [2.05, 4.69) is 10.6 Å². The second-order valence-corrected chi connectivity index (χ2v) is 6.39. The lowest BCUT2D eigenvalue weighted by Crippen LogP contribution is -2.57. The molecule has 4 amide bonds. The Morgan fingerprint density at radius 1 is 0.800 bits per heavy atom. The van der Waals surface area contributed by atoms with Gasteiger partial charge in [-0.3, -0.25) is 28.8 Å². The molecule has 0 saturated heterocycles. The molecule has 0 rings (SSSR count). The third kappa shape index (κ3) is 11.6. The smallest absolute Gasteiger partial charge is 0.322 e. The minimum Gasteiger partial charge on any atom is -0.481 e. The molecule has 0 aromatic heterocycles. The van der Waals surface area contributed by atoms with Gasteiger partial charge in [0.1, 0.15) is 18.6 Å². The quantitative estimate of drug-likeness (QED) is 0.116. The third-order valence-corrected chi connectivity index (χ3v) is 3.77. The molecule has 0 radical (unpaired) electrons. The van der Waals surface area contributed by atoms with Crippen LogP contribution in [0.2, 0.25) is 0 Å². The van der Waals surface area contributed by atoms with Gasteiger partial charge in [0.25, 0.3) is 0 Å². The Morgan fingerprint density at radius 3 is 1.87 bits per heavy atom. The average molecular weight is 432 g/mol. The first-order valence-corrected chi connectivity index (χ1v) is 9.03. The summed E-state index contributed by atoms with van der Waals surface area (Å²) in [6.07, 6.45) is -0.0411. The maximum atomic E-state index is 12.5. The van der Waals surface area contributed by atoms with E-state index in [4.69, 9.17) is 27.4 Å². The molecule has 14 nitrogen and oxygen atoms in total. The SMILES string of the molecule is NCCCCC(N)C(=O)NC(CC(N)=O)C(=O)NC(CC(=O)O)C(=O)NCC(=O)O. The van der Waals surface area contributed by atoms with Gasteiger partial charge in [-0.2, -0.15) is 0 Å². The first kappa shape index (κ1) is 26.7. The highest BCUT2D eigenvalue weighted by Gasteiger charge is 2.30. The van der Waals surface area contributed by atoms with Crippen molar-refractivity contribution in [1.82, 2.24) is 16.0 Å². The number of unbranched alkanes of at least 4 members (excludes halogenated alkanes) is 1. The molecule has 0 aromatic carbocycles. The topological polar surface area (TPSA) is 257 Å². The number of nitrogens with one attached hydrogen (secondary N) is 3. The first-order valence-electron chi connectivity index (χ1n) is 9.03. The Labute approximate surface area is 171 Å². The van der Waals surface area contributed by atoms with Crippen LogP contribution in [0, 0.1) is 0 Å². The van der Waals surface area contributed by atoms with E-state index in [0.717, 1.165) is 0 Å². The highest BCUT2D eigenvalue weighted by atomic mass is 16.4. The summed E-state index contributed by atoms with van der Waals surface area (Å²) in [6, 6.07) is -4.16. The molecule has 14 heteroatoms. The van der Waals surface area contributed by atoms with E-state index in [1.807, 2.05) is 5.32 Å².